The highest BCUT2D eigenvalue weighted by Gasteiger charge is 2.41. The van der Waals surface area contributed by atoms with Gasteiger partial charge in [-0.15, -0.1) is 32.2 Å². The lowest BCUT2D eigenvalue weighted by Crippen LogP contribution is -2.34. The van der Waals surface area contributed by atoms with Crippen LogP contribution in [-0.2, 0) is 46.0 Å². The van der Waals surface area contributed by atoms with Crippen molar-refractivity contribution in [2.75, 3.05) is 92.2 Å². The Bertz CT molecular complexity index is 3040. The zero-order valence-corrected chi connectivity index (χ0v) is 73.4. The van der Waals surface area contributed by atoms with Crippen molar-refractivity contribution >= 4 is 52.7 Å². The lowest BCUT2D eigenvalue weighted by Gasteiger charge is -2.21. The fourth-order valence-electron chi connectivity index (χ4n) is 10.1. The predicted octanol–water partition coefficient (Wildman–Crippen LogP) is 16.8. The Morgan fingerprint density at radius 1 is 0.495 bits per heavy atom. The number of ether oxygens (including phenoxy) is 2. The van der Waals surface area contributed by atoms with E-state index in [1.165, 1.54) is 121 Å². The van der Waals surface area contributed by atoms with Gasteiger partial charge in [-0.1, -0.05) is 154 Å². The molecule has 1 atom stereocenters. The van der Waals surface area contributed by atoms with Gasteiger partial charge in [0.25, 0.3) is 0 Å². The van der Waals surface area contributed by atoms with E-state index in [0.717, 1.165) is 64.1 Å². The molecule has 25 nitrogen and oxygen atoms in total. The highest BCUT2D eigenvalue weighted by Crippen LogP contribution is 2.35. The maximum Gasteiger partial charge on any atom is 0.362 e. The number of hydrogen-bond acceptors (Lipinski definition) is 21. The van der Waals surface area contributed by atoms with Crippen molar-refractivity contribution in [3.8, 4) is 0 Å². The number of nitrogens with zero attached hydrogens (tertiary/aromatic N) is 16. The van der Waals surface area contributed by atoms with E-state index in [4.69, 9.17) is 9.47 Å². The molecule has 26 heteroatoms. The second-order valence-corrected chi connectivity index (χ2v) is 36.6. The highest BCUT2D eigenvalue weighted by atomic mass is 32.2. The normalized spacial score (nSPS) is 13.4. The van der Waals surface area contributed by atoms with Crippen molar-refractivity contribution in [2.24, 2.45) is 5.41 Å². The van der Waals surface area contributed by atoms with Crippen LogP contribution in [0, 0.1) is 5.41 Å². The van der Waals surface area contributed by atoms with Crippen LogP contribution in [0.1, 0.15) is 345 Å². The molecule has 0 aromatic carbocycles. The second-order valence-electron chi connectivity index (χ2n) is 34.6. The Morgan fingerprint density at radius 2 is 0.907 bits per heavy atom. The number of esters is 1. The number of likely N-dealkylation sites (tertiary alicyclic amines) is 1. The van der Waals surface area contributed by atoms with Crippen molar-refractivity contribution in [1.82, 2.24) is 79.6 Å². The summed E-state index contributed by atoms with van der Waals surface area (Å²) in [4.78, 5) is 79.3. The molecule has 1 aliphatic rings. The summed E-state index contributed by atoms with van der Waals surface area (Å²) in [5.41, 5.74) is 1.17. The Morgan fingerprint density at radius 3 is 1.35 bits per heavy atom. The topological polar surface area (TPSA) is 269 Å². The van der Waals surface area contributed by atoms with Gasteiger partial charge in [-0.2, -0.15) is 0 Å². The van der Waals surface area contributed by atoms with Gasteiger partial charge in [-0.05, 0) is 214 Å². The van der Waals surface area contributed by atoms with Gasteiger partial charge in [0.2, 0.25) is 11.8 Å². The first-order valence-corrected chi connectivity index (χ1v) is 41.0. The van der Waals surface area contributed by atoms with Crippen LogP contribution >= 0.6 is 11.8 Å². The number of Topliss-reactive ketones (excluding diaryl/α,β-unsaturated/α-hetero) is 3. The fourth-order valence-corrected chi connectivity index (χ4v) is 11.5. The van der Waals surface area contributed by atoms with Crippen molar-refractivity contribution in [2.45, 2.75) is 346 Å². The lowest BCUT2D eigenvalue weighted by atomic mass is 9.90. The fraction of sp³-hybridized carbons (Fsp3) is 0.827. The van der Waals surface area contributed by atoms with Crippen molar-refractivity contribution < 1.29 is 38.2 Å². The largest absolute Gasteiger partial charge is 0.434 e. The Balaban J connectivity index is 0.00000128. The molecular weight excluding hydrogens is 1370 g/mol. The van der Waals surface area contributed by atoms with E-state index in [0.29, 0.717) is 42.7 Å². The third-order valence-electron chi connectivity index (χ3n) is 17.0. The van der Waals surface area contributed by atoms with Crippen LogP contribution in [0.25, 0.3) is 0 Å². The average Bonchev–Trinajstić information content (AvgIpc) is 1.72. The number of aromatic nitrogens is 12. The Labute approximate surface area is 652 Å². The van der Waals surface area contributed by atoms with Gasteiger partial charge < -0.3 is 29.5 Å². The summed E-state index contributed by atoms with van der Waals surface area (Å²) < 4.78 is 16.6. The van der Waals surface area contributed by atoms with Crippen molar-refractivity contribution in [1.29, 1.82) is 0 Å². The summed E-state index contributed by atoms with van der Waals surface area (Å²) in [6.45, 7) is 58.4. The molecule has 5 heterocycles. The number of unbranched alkanes of at least 4 members (excludes halogenated alkanes) is 11. The number of ketones is 3. The third-order valence-corrected chi connectivity index (χ3v) is 18.4. The summed E-state index contributed by atoms with van der Waals surface area (Å²) in [5, 5.41) is 34.5. The minimum Gasteiger partial charge on any atom is -0.434 e. The second kappa shape index (κ2) is 53.1. The summed E-state index contributed by atoms with van der Waals surface area (Å²) in [5.74, 6) is 0.313. The van der Waals surface area contributed by atoms with Crippen LogP contribution in [-0.4, -0.2) is 212 Å². The van der Waals surface area contributed by atoms with Gasteiger partial charge in [0, 0.05) is 57.1 Å². The molecule has 1 unspecified atom stereocenters. The lowest BCUT2D eigenvalue weighted by molar-refractivity contribution is -0.138. The van der Waals surface area contributed by atoms with Crippen molar-refractivity contribution in [3.05, 3.63) is 41.9 Å². The van der Waals surface area contributed by atoms with Gasteiger partial charge in [0.15, 0.2) is 29.9 Å². The number of carbonyl (C=O) groups excluding carboxylic acids is 6. The van der Waals surface area contributed by atoms with E-state index in [2.05, 4.69) is 152 Å². The molecule has 0 spiro atoms. The highest BCUT2D eigenvalue weighted by molar-refractivity contribution is 8.01. The average molecular weight is 1530 g/mol. The number of imide groups is 1. The third kappa shape index (κ3) is 49.1. The maximum atomic E-state index is 12.4. The first kappa shape index (κ1) is 101. The van der Waals surface area contributed by atoms with E-state index in [-0.39, 0.29) is 86.8 Å². The van der Waals surface area contributed by atoms with E-state index >= 15 is 0 Å². The molecule has 1 aliphatic heterocycles. The van der Waals surface area contributed by atoms with Crippen LogP contribution in [0.2, 0.25) is 0 Å². The number of thioether (sulfide) groups is 1. The Kier molecular flexibility index (Phi) is 50.2. The van der Waals surface area contributed by atoms with Crippen LogP contribution in [0.4, 0.5) is 5.82 Å². The molecule has 4 aromatic heterocycles. The minimum absolute atomic E-state index is 0.00665. The minimum atomic E-state index is -0.524. The van der Waals surface area contributed by atoms with E-state index in [1.807, 2.05) is 101 Å². The number of carbonyl (C=O) groups is 6. The van der Waals surface area contributed by atoms with E-state index in [9.17, 15) is 28.8 Å². The molecule has 5 rings (SSSR count). The van der Waals surface area contributed by atoms with Gasteiger partial charge in [0.05, 0.1) is 52.2 Å². The summed E-state index contributed by atoms with van der Waals surface area (Å²) >= 11 is 1.54. The molecular formula is C81H153N17O8S. The van der Waals surface area contributed by atoms with Gasteiger partial charge in [-0.25, -0.2) is 23.5 Å². The van der Waals surface area contributed by atoms with Crippen LogP contribution in [0.15, 0.2) is 24.8 Å². The van der Waals surface area contributed by atoms with Gasteiger partial charge in [0.1, 0.15) is 17.2 Å². The number of anilines is 1. The molecule has 0 radical (unpaired) electrons. The number of hydrogen-bond donors (Lipinski definition) is 1. The van der Waals surface area contributed by atoms with Gasteiger partial charge in [-0.3, -0.25) is 28.9 Å². The Hall–Kier alpha value is -5.83. The van der Waals surface area contributed by atoms with Crippen LogP contribution in [0.3, 0.4) is 0 Å². The number of rotatable bonds is 41. The number of nitrogens with one attached hydrogen (secondary N) is 1. The number of amides is 2. The monoisotopic (exact) mass is 1520 g/mol. The maximum absolute atomic E-state index is 12.4. The van der Waals surface area contributed by atoms with Gasteiger partial charge >= 0.3 is 5.97 Å². The molecule has 0 aliphatic carbocycles. The molecule has 2 amide bonds. The molecule has 0 bridgehead atoms. The first-order chi connectivity index (χ1) is 49.8. The molecule has 616 valence electrons. The SMILES string of the molecule is CC(=O)c1cn(C(C)(C)C)nn1.CCCCCCCCCC(=O)CCN1C(=O)CC(SC(C)(C)C)C1=O.CCCCN(C)CCCCC(=O)c1cn(C(C)(C)C)nn1.CCCCN(C)CCCCC(C)(C)C.CCCCN(C)CCCNc1cn(C(C)(C)C)nn1.CCOCOC(=O)c1cn(C(C)(C)C)nn1. The smallest absolute Gasteiger partial charge is 0.362 e. The standard InChI is InChI=1S/C20H35NO3S.C16H30N4O.C14H29N5.C13H29N.C10H17N3O3.C8H13N3O/c1-5-6-7-8-9-10-11-12-16(22)13-14-21-18(23)15-17(19(21)24)25-20(2,3)4;1-6-7-11-19(5)12-9-8-10-15(21)14-13-20(18-17-14)16(2,3)4;1-6-7-10-18(5)11-8-9-15-13-12-19(17-16-13)14(2,3)4;1-6-7-11-14(5)12-9-8-10-13(2,3)4;1-5-15-7-16-9(14)8-6-13(12-11-8)10(2,3)4;1-6(12)7-5-11(10-9-7)8(2,3)4/h17H,5-15H2,1-4H3;13H,6-12H2,1-5H3;12,15H,6-11H2,1-5H3;6-12H2,1-5H3;6H,5,7H2,1-4H3;5H,1-4H3. The van der Waals surface area contributed by atoms with E-state index in [1.54, 1.807) is 44.4 Å². The summed E-state index contributed by atoms with van der Waals surface area (Å²) in [6, 6.07) is 0. The molecule has 1 fully saturated rings. The molecule has 107 heavy (non-hydrogen) atoms. The molecule has 1 N–H and O–H groups in total. The quantitative estimate of drug-likeness (QED) is 0.0142. The molecule has 4 aromatic rings. The van der Waals surface area contributed by atoms with E-state index < -0.39 is 5.97 Å². The predicted molar refractivity (Wildman–Crippen MR) is 438 cm³/mol. The first-order valence-electron chi connectivity index (χ1n) is 40.2. The zero-order chi connectivity index (χ0) is 81.6. The van der Waals surface area contributed by atoms with Crippen LogP contribution in [0.5, 0.6) is 0 Å². The summed E-state index contributed by atoms with van der Waals surface area (Å²) in [6.07, 6.45) is 31.8. The summed E-state index contributed by atoms with van der Waals surface area (Å²) in [7, 11) is 6.57. The van der Waals surface area contributed by atoms with Crippen molar-refractivity contribution in [3.63, 3.8) is 0 Å². The van der Waals surface area contributed by atoms with Crippen LogP contribution < -0.4 is 5.32 Å². The molecule has 0 saturated carbocycles. The zero-order valence-electron chi connectivity index (χ0n) is 72.6. The molecule has 1 saturated heterocycles.